The van der Waals surface area contributed by atoms with E-state index in [1.54, 1.807) is 0 Å². The number of nitriles is 1. The molecule has 110 valence electrons. The van der Waals surface area contributed by atoms with E-state index in [4.69, 9.17) is 0 Å². The maximum atomic E-state index is 9.44. The van der Waals surface area contributed by atoms with Gasteiger partial charge in [-0.1, -0.05) is 19.3 Å². The van der Waals surface area contributed by atoms with Crippen LogP contribution in [0.2, 0.25) is 0 Å². The van der Waals surface area contributed by atoms with Crippen molar-refractivity contribution < 1.29 is 0 Å². The smallest absolute Gasteiger partial charge is 0.105 e. The van der Waals surface area contributed by atoms with Crippen molar-refractivity contribution in [3.8, 4) is 6.07 Å². The number of rotatable bonds is 6. The molecule has 2 atom stereocenters. The van der Waals surface area contributed by atoms with Crippen molar-refractivity contribution >= 4 is 0 Å². The molecule has 0 aromatic carbocycles. The summed E-state index contributed by atoms with van der Waals surface area (Å²) in [6, 6.07) is 3.96. The number of nitrogens with one attached hydrogen (secondary N) is 1. The van der Waals surface area contributed by atoms with E-state index in [0.717, 1.165) is 6.42 Å². The summed E-state index contributed by atoms with van der Waals surface area (Å²) in [6.45, 7) is 8.49. The highest BCUT2D eigenvalue weighted by Gasteiger charge is 2.30. The molecule has 0 spiro atoms. The van der Waals surface area contributed by atoms with Crippen LogP contribution in [0.1, 0.15) is 66.2 Å². The fourth-order valence-corrected chi connectivity index (χ4v) is 3.36. The molecule has 19 heavy (non-hydrogen) atoms. The van der Waals surface area contributed by atoms with E-state index >= 15 is 0 Å². The van der Waals surface area contributed by atoms with E-state index in [1.807, 2.05) is 6.92 Å². The average molecular weight is 265 g/mol. The molecule has 0 bridgehead atoms. The number of nitrogens with zero attached hydrogens (tertiary/aromatic N) is 2. The third-order valence-electron chi connectivity index (χ3n) is 4.40. The molecule has 2 unspecified atom stereocenters. The number of hydrogen-bond donors (Lipinski definition) is 1. The standard InChI is InChI=1S/C16H31N3/c1-13(2)18-16(4,12-17)11-14(3)19(5)15-9-7-6-8-10-15/h13-15,18H,6-11H2,1-5H3. The van der Waals surface area contributed by atoms with Crippen molar-refractivity contribution in [2.24, 2.45) is 0 Å². The van der Waals surface area contributed by atoms with E-state index in [2.05, 4.69) is 44.1 Å². The normalized spacial score (nSPS) is 22.2. The highest BCUT2D eigenvalue weighted by atomic mass is 15.2. The summed E-state index contributed by atoms with van der Waals surface area (Å²) in [5.41, 5.74) is -0.420. The Labute approximate surface area is 119 Å². The molecular formula is C16H31N3. The predicted molar refractivity (Wildman–Crippen MR) is 81.0 cm³/mol. The molecule has 1 aliphatic rings. The van der Waals surface area contributed by atoms with Gasteiger partial charge in [0.15, 0.2) is 0 Å². The lowest BCUT2D eigenvalue weighted by Gasteiger charge is -2.38. The molecule has 0 amide bonds. The van der Waals surface area contributed by atoms with E-state index in [1.165, 1.54) is 32.1 Å². The summed E-state index contributed by atoms with van der Waals surface area (Å²) >= 11 is 0. The minimum Gasteiger partial charge on any atom is -0.301 e. The minimum absolute atomic E-state index is 0.344. The lowest BCUT2D eigenvalue weighted by molar-refractivity contribution is 0.125. The quantitative estimate of drug-likeness (QED) is 0.801. The van der Waals surface area contributed by atoms with Crippen LogP contribution in [0.25, 0.3) is 0 Å². The van der Waals surface area contributed by atoms with E-state index in [-0.39, 0.29) is 0 Å². The van der Waals surface area contributed by atoms with Gasteiger partial charge < -0.3 is 4.90 Å². The van der Waals surface area contributed by atoms with Crippen LogP contribution >= 0.6 is 0 Å². The summed E-state index contributed by atoms with van der Waals surface area (Å²) in [7, 11) is 2.23. The Kier molecular flexibility index (Phi) is 6.29. The Morgan fingerprint density at radius 1 is 1.26 bits per heavy atom. The SMILES string of the molecule is CC(C)NC(C)(C#N)CC(C)N(C)C1CCCCC1. The van der Waals surface area contributed by atoms with Crippen LogP contribution in [0.5, 0.6) is 0 Å². The molecule has 3 heteroatoms. The van der Waals surface area contributed by atoms with Gasteiger partial charge in [-0.2, -0.15) is 5.26 Å². The van der Waals surface area contributed by atoms with Gasteiger partial charge in [0.05, 0.1) is 6.07 Å². The first-order valence-corrected chi connectivity index (χ1v) is 7.79. The first kappa shape index (κ1) is 16.5. The summed E-state index contributed by atoms with van der Waals surface area (Å²) in [5, 5.41) is 12.9. The van der Waals surface area contributed by atoms with Gasteiger partial charge in [-0.15, -0.1) is 0 Å². The number of hydrogen-bond acceptors (Lipinski definition) is 3. The van der Waals surface area contributed by atoms with Crippen LogP contribution in [-0.4, -0.2) is 35.6 Å². The monoisotopic (exact) mass is 265 g/mol. The second kappa shape index (κ2) is 7.26. The topological polar surface area (TPSA) is 39.1 Å². The van der Waals surface area contributed by atoms with Gasteiger partial charge in [-0.05, 0) is 54.0 Å². The molecule has 0 aliphatic heterocycles. The summed E-state index contributed by atoms with van der Waals surface area (Å²) < 4.78 is 0. The van der Waals surface area contributed by atoms with E-state index < -0.39 is 5.54 Å². The molecule has 1 fully saturated rings. The molecule has 0 saturated heterocycles. The fraction of sp³-hybridized carbons (Fsp3) is 0.938. The van der Waals surface area contributed by atoms with Crippen molar-refractivity contribution in [3.63, 3.8) is 0 Å². The van der Waals surface area contributed by atoms with Gasteiger partial charge >= 0.3 is 0 Å². The summed E-state index contributed by atoms with van der Waals surface area (Å²) in [6.07, 6.45) is 7.64. The molecule has 3 nitrogen and oxygen atoms in total. The van der Waals surface area contributed by atoms with Crippen molar-refractivity contribution in [3.05, 3.63) is 0 Å². The van der Waals surface area contributed by atoms with Crippen molar-refractivity contribution in [1.82, 2.24) is 10.2 Å². The highest BCUT2D eigenvalue weighted by Crippen LogP contribution is 2.25. The molecule has 1 rings (SSSR count). The second-order valence-corrected chi connectivity index (χ2v) is 6.75. The molecule has 0 aromatic heterocycles. The molecular weight excluding hydrogens is 234 g/mol. The molecule has 1 N–H and O–H groups in total. The summed E-state index contributed by atoms with van der Waals surface area (Å²) in [4.78, 5) is 2.50. The maximum Gasteiger partial charge on any atom is 0.105 e. The molecule has 1 saturated carbocycles. The third kappa shape index (κ3) is 5.12. The van der Waals surface area contributed by atoms with Crippen LogP contribution in [0.3, 0.4) is 0 Å². The zero-order valence-electron chi connectivity index (χ0n) is 13.4. The van der Waals surface area contributed by atoms with Crippen LogP contribution in [0.15, 0.2) is 0 Å². The summed E-state index contributed by atoms with van der Waals surface area (Å²) in [5.74, 6) is 0. The van der Waals surface area contributed by atoms with Gasteiger partial charge in [0.25, 0.3) is 0 Å². The molecule has 1 aliphatic carbocycles. The highest BCUT2D eigenvalue weighted by molar-refractivity contribution is 5.06. The zero-order chi connectivity index (χ0) is 14.5. The molecule has 0 radical (unpaired) electrons. The van der Waals surface area contributed by atoms with Crippen molar-refractivity contribution in [2.75, 3.05) is 7.05 Å². The van der Waals surface area contributed by atoms with Crippen LogP contribution in [0.4, 0.5) is 0 Å². The van der Waals surface area contributed by atoms with Crippen molar-refractivity contribution in [2.45, 2.75) is 89.9 Å². The Bertz CT molecular complexity index is 302. The maximum absolute atomic E-state index is 9.44. The first-order valence-electron chi connectivity index (χ1n) is 7.79. The van der Waals surface area contributed by atoms with Gasteiger partial charge in [-0.3, -0.25) is 5.32 Å². The average Bonchev–Trinajstić information content (AvgIpc) is 2.37. The molecule has 0 aromatic rings. The van der Waals surface area contributed by atoms with Gasteiger partial charge in [0.1, 0.15) is 5.54 Å². The fourth-order valence-electron chi connectivity index (χ4n) is 3.36. The van der Waals surface area contributed by atoms with E-state index in [0.29, 0.717) is 18.1 Å². The van der Waals surface area contributed by atoms with Gasteiger partial charge in [-0.25, -0.2) is 0 Å². The lowest BCUT2D eigenvalue weighted by Crippen LogP contribution is -2.50. The minimum atomic E-state index is -0.420. The Balaban J connectivity index is 2.56. The van der Waals surface area contributed by atoms with Crippen molar-refractivity contribution in [1.29, 1.82) is 5.26 Å². The Hall–Kier alpha value is -0.590. The second-order valence-electron chi connectivity index (χ2n) is 6.75. The van der Waals surface area contributed by atoms with Crippen LogP contribution < -0.4 is 5.32 Å². The van der Waals surface area contributed by atoms with Crippen LogP contribution in [-0.2, 0) is 0 Å². The van der Waals surface area contributed by atoms with E-state index in [9.17, 15) is 5.26 Å². The molecule has 0 heterocycles. The first-order chi connectivity index (χ1) is 8.88. The Morgan fingerprint density at radius 2 is 1.84 bits per heavy atom. The zero-order valence-corrected chi connectivity index (χ0v) is 13.4. The predicted octanol–water partition coefficient (Wildman–Crippen LogP) is 3.31. The van der Waals surface area contributed by atoms with Gasteiger partial charge in [0.2, 0.25) is 0 Å². The third-order valence-corrected chi connectivity index (χ3v) is 4.40. The van der Waals surface area contributed by atoms with Crippen LogP contribution in [0, 0.1) is 11.3 Å². The Morgan fingerprint density at radius 3 is 2.32 bits per heavy atom. The largest absolute Gasteiger partial charge is 0.301 e. The van der Waals surface area contributed by atoms with Gasteiger partial charge in [0, 0.05) is 18.1 Å². The lowest BCUT2D eigenvalue weighted by atomic mass is 9.90.